The molecule has 3 fully saturated rings. The van der Waals surface area contributed by atoms with E-state index in [2.05, 4.69) is 26.7 Å². The molecule has 0 aliphatic heterocycles. The van der Waals surface area contributed by atoms with Gasteiger partial charge in [-0.05, 0) is 49.9 Å². The summed E-state index contributed by atoms with van der Waals surface area (Å²) in [5.41, 5.74) is -1.20. The van der Waals surface area contributed by atoms with E-state index in [1.165, 1.54) is 0 Å². The summed E-state index contributed by atoms with van der Waals surface area (Å²) in [5, 5.41) is 0. The number of hydrogen-bond donors (Lipinski definition) is 0. The van der Waals surface area contributed by atoms with Gasteiger partial charge in [0.15, 0.2) is 5.78 Å². The van der Waals surface area contributed by atoms with E-state index in [0.717, 1.165) is 25.7 Å². The summed E-state index contributed by atoms with van der Waals surface area (Å²) in [6.45, 7) is 8.99. The third-order valence-electron chi connectivity index (χ3n) is 8.87. The van der Waals surface area contributed by atoms with Crippen LogP contribution in [0.15, 0.2) is 0 Å². The number of methoxy groups -OCH3 is 2. The summed E-state index contributed by atoms with van der Waals surface area (Å²) in [7, 11) is 3.44. The number of carbonyl (C=O) groups excluding carboxylic acids is 1. The third-order valence-corrected chi connectivity index (χ3v) is 8.87. The number of rotatable bonds is 6. The highest BCUT2D eigenvalue weighted by molar-refractivity contribution is 5.90. The summed E-state index contributed by atoms with van der Waals surface area (Å²) in [6, 6.07) is 0. The van der Waals surface area contributed by atoms with E-state index < -0.39 is 5.60 Å². The highest BCUT2D eigenvalue weighted by atomic mass is 16.7. The molecule has 0 heterocycles. The quantitative estimate of drug-likeness (QED) is 0.495. The SMILES string of the molecule is C#CCO[C@]1(C)CC(OCOC)[C@@]2(C)C3[C@H](OC)CCC3(CC[C@H]2C)[C@@H](C)C1=O. The fourth-order valence-electron chi connectivity index (χ4n) is 7.09. The van der Waals surface area contributed by atoms with Crippen molar-refractivity contribution in [1.82, 2.24) is 0 Å². The minimum absolute atomic E-state index is 0.0884. The molecule has 0 spiro atoms. The fourth-order valence-corrected chi connectivity index (χ4v) is 7.09. The number of Topliss-reactive ketones (excluding diaryl/α,β-unsaturated/α-hetero) is 1. The van der Waals surface area contributed by atoms with Crippen molar-refractivity contribution in [2.75, 3.05) is 27.6 Å². The number of ether oxygens (including phenoxy) is 4. The van der Waals surface area contributed by atoms with Crippen LogP contribution in [0.1, 0.15) is 59.8 Å². The molecular weight excluding hydrogens is 368 g/mol. The first-order chi connectivity index (χ1) is 13.7. The van der Waals surface area contributed by atoms with Gasteiger partial charge in [0.1, 0.15) is 19.0 Å². The van der Waals surface area contributed by atoms with Crippen LogP contribution in [0.3, 0.4) is 0 Å². The minimum atomic E-state index is -0.967. The molecule has 3 rings (SSSR count). The van der Waals surface area contributed by atoms with Gasteiger partial charge in [-0.1, -0.05) is 26.7 Å². The average Bonchev–Trinajstić information content (AvgIpc) is 3.11. The molecule has 0 saturated heterocycles. The lowest BCUT2D eigenvalue weighted by atomic mass is 9.45. The molecule has 0 aromatic heterocycles. The lowest BCUT2D eigenvalue weighted by molar-refractivity contribution is -0.229. The molecule has 3 saturated carbocycles. The zero-order valence-electron chi connectivity index (χ0n) is 19.0. The molecule has 0 amide bonds. The Balaban J connectivity index is 2.16. The van der Waals surface area contributed by atoms with Crippen molar-refractivity contribution in [3.63, 3.8) is 0 Å². The van der Waals surface area contributed by atoms with Crippen molar-refractivity contribution < 1.29 is 23.7 Å². The normalized spacial score (nSPS) is 47.2. The molecule has 0 aromatic rings. The maximum atomic E-state index is 13.8. The molecule has 3 aliphatic carbocycles. The van der Waals surface area contributed by atoms with E-state index in [1.54, 1.807) is 7.11 Å². The number of terminal acetylenes is 1. The Hall–Kier alpha value is -0.930. The average molecular weight is 407 g/mol. The van der Waals surface area contributed by atoms with Crippen molar-refractivity contribution in [1.29, 1.82) is 0 Å². The van der Waals surface area contributed by atoms with Crippen LogP contribution < -0.4 is 0 Å². The number of ketones is 1. The topological polar surface area (TPSA) is 54.0 Å². The first-order valence-electron chi connectivity index (χ1n) is 11.0. The fraction of sp³-hybridized carbons (Fsp3) is 0.875. The molecule has 0 N–H and O–H groups in total. The van der Waals surface area contributed by atoms with Gasteiger partial charge in [0.25, 0.3) is 0 Å². The lowest BCUT2D eigenvalue weighted by Gasteiger charge is -2.62. The molecule has 0 radical (unpaired) electrons. The molecule has 8 atom stereocenters. The van der Waals surface area contributed by atoms with Crippen LogP contribution in [0.4, 0.5) is 0 Å². The Morgan fingerprint density at radius 3 is 2.48 bits per heavy atom. The van der Waals surface area contributed by atoms with Crippen LogP contribution in [0.25, 0.3) is 0 Å². The van der Waals surface area contributed by atoms with Crippen molar-refractivity contribution in [2.45, 2.75) is 77.6 Å². The Morgan fingerprint density at radius 1 is 1.17 bits per heavy atom. The Labute approximate surface area is 176 Å². The molecule has 164 valence electrons. The largest absolute Gasteiger partial charge is 0.381 e. The van der Waals surface area contributed by atoms with Gasteiger partial charge in [0, 0.05) is 32.0 Å². The molecule has 5 nitrogen and oxygen atoms in total. The van der Waals surface area contributed by atoms with Crippen molar-refractivity contribution >= 4 is 5.78 Å². The summed E-state index contributed by atoms with van der Waals surface area (Å²) < 4.78 is 23.7. The van der Waals surface area contributed by atoms with E-state index in [0.29, 0.717) is 12.3 Å². The summed E-state index contributed by atoms with van der Waals surface area (Å²) in [4.78, 5) is 13.8. The zero-order chi connectivity index (χ0) is 21.4. The van der Waals surface area contributed by atoms with E-state index in [4.69, 9.17) is 25.4 Å². The second-order valence-electron chi connectivity index (χ2n) is 9.90. The first-order valence-corrected chi connectivity index (χ1v) is 11.0. The summed E-state index contributed by atoms with van der Waals surface area (Å²) in [6.07, 6.45) is 10.0. The predicted octanol–water partition coefficient (Wildman–Crippen LogP) is 3.84. The smallest absolute Gasteiger partial charge is 0.167 e. The van der Waals surface area contributed by atoms with E-state index >= 15 is 0 Å². The Bertz CT molecular complexity index is 656. The number of carbonyl (C=O) groups is 1. The van der Waals surface area contributed by atoms with Gasteiger partial charge in [0.2, 0.25) is 0 Å². The van der Waals surface area contributed by atoms with Gasteiger partial charge in [-0.2, -0.15) is 0 Å². The van der Waals surface area contributed by atoms with E-state index in [1.807, 2.05) is 14.0 Å². The van der Waals surface area contributed by atoms with Crippen molar-refractivity contribution in [2.24, 2.45) is 28.6 Å². The van der Waals surface area contributed by atoms with Crippen LogP contribution in [0.2, 0.25) is 0 Å². The molecule has 0 aromatic carbocycles. The van der Waals surface area contributed by atoms with Crippen LogP contribution in [-0.4, -0.2) is 51.2 Å². The standard InChI is InChI=1S/C24H38O5/c1-8-13-29-22(4)14-19(28-15-26-6)23(5)16(2)9-11-24(17(3)21(22)25)12-10-18(27-7)20(23)24/h1,16-20H,9-15H2,2-7H3/t16-,17+,18-,19?,20?,22-,23+,24?/m1/s1. The van der Waals surface area contributed by atoms with Crippen LogP contribution >= 0.6 is 0 Å². The van der Waals surface area contributed by atoms with Gasteiger partial charge in [-0.15, -0.1) is 6.42 Å². The molecule has 3 unspecified atom stereocenters. The highest BCUT2D eigenvalue weighted by Crippen LogP contribution is 2.68. The molecule has 3 aliphatic rings. The van der Waals surface area contributed by atoms with Gasteiger partial charge in [-0.25, -0.2) is 0 Å². The van der Waals surface area contributed by atoms with Crippen LogP contribution in [-0.2, 0) is 23.7 Å². The minimum Gasteiger partial charge on any atom is -0.381 e. The maximum Gasteiger partial charge on any atom is 0.167 e. The van der Waals surface area contributed by atoms with Crippen LogP contribution in [0.5, 0.6) is 0 Å². The maximum absolute atomic E-state index is 13.8. The van der Waals surface area contributed by atoms with E-state index in [9.17, 15) is 4.79 Å². The van der Waals surface area contributed by atoms with Gasteiger partial charge < -0.3 is 18.9 Å². The molecular formula is C24H38O5. The molecule has 29 heavy (non-hydrogen) atoms. The predicted molar refractivity (Wildman–Crippen MR) is 111 cm³/mol. The Kier molecular flexibility index (Phi) is 6.51. The second-order valence-corrected chi connectivity index (χ2v) is 9.90. The summed E-state index contributed by atoms with van der Waals surface area (Å²) >= 11 is 0. The van der Waals surface area contributed by atoms with Crippen LogP contribution in [0, 0.1) is 40.9 Å². The lowest BCUT2D eigenvalue weighted by Crippen LogP contribution is -2.64. The second kappa shape index (κ2) is 8.30. The van der Waals surface area contributed by atoms with Crippen molar-refractivity contribution in [3.05, 3.63) is 0 Å². The highest BCUT2D eigenvalue weighted by Gasteiger charge is 2.68. The summed E-state index contributed by atoms with van der Waals surface area (Å²) in [5.74, 6) is 3.29. The van der Waals surface area contributed by atoms with Gasteiger partial charge in [-0.3, -0.25) is 4.79 Å². The van der Waals surface area contributed by atoms with Gasteiger partial charge in [0.05, 0.1) is 12.2 Å². The first kappa shape index (κ1) is 22.7. The molecule has 5 heteroatoms. The zero-order valence-corrected chi connectivity index (χ0v) is 19.0. The monoisotopic (exact) mass is 406 g/mol. The Morgan fingerprint density at radius 2 is 1.86 bits per heavy atom. The van der Waals surface area contributed by atoms with Crippen molar-refractivity contribution in [3.8, 4) is 12.3 Å². The molecule has 2 bridgehead atoms. The third kappa shape index (κ3) is 3.37. The van der Waals surface area contributed by atoms with Gasteiger partial charge >= 0.3 is 0 Å². The van der Waals surface area contributed by atoms with E-state index in [-0.39, 0.29) is 54.1 Å². The number of hydrogen-bond acceptors (Lipinski definition) is 5.